The molecular weight excluding hydrogens is 231 g/mol. The summed E-state index contributed by atoms with van der Waals surface area (Å²) >= 11 is 0. The molecule has 1 N–H and O–H groups in total. The molecule has 0 aliphatic carbocycles. The highest BCUT2D eigenvalue weighted by Gasteiger charge is 2.32. The molecule has 4 nitrogen and oxygen atoms in total. The molecule has 16 heavy (non-hydrogen) atoms. The topological polar surface area (TPSA) is 53.6 Å². The van der Waals surface area contributed by atoms with Gasteiger partial charge in [-0.3, -0.25) is 4.68 Å². The molecule has 1 aromatic heterocycles. The Balaban J connectivity index is 0.00000128. The van der Waals surface area contributed by atoms with E-state index in [1.165, 1.54) is 10.9 Å². The molecule has 1 saturated heterocycles. The van der Waals surface area contributed by atoms with Crippen LogP contribution >= 0.6 is 12.4 Å². The Hall–Kier alpha value is -1.12. The fourth-order valence-corrected chi connectivity index (χ4v) is 1.83. The number of nitrogens with one attached hydrogen (secondary N) is 1. The smallest absolute Gasteiger partial charge is 0.132 e. The zero-order valence-corrected chi connectivity index (χ0v) is 9.63. The maximum Gasteiger partial charge on any atom is 0.132 e. The summed E-state index contributed by atoms with van der Waals surface area (Å²) in [6, 6.07) is 1.98. The maximum atomic E-state index is 14.2. The second kappa shape index (κ2) is 5.28. The summed E-state index contributed by atoms with van der Waals surface area (Å²) in [7, 11) is 0. The predicted molar refractivity (Wildman–Crippen MR) is 60.1 cm³/mol. The zero-order chi connectivity index (χ0) is 10.7. The third kappa shape index (κ3) is 2.94. The van der Waals surface area contributed by atoms with Crippen molar-refractivity contribution in [1.29, 1.82) is 5.26 Å². The molecule has 0 amide bonds. The van der Waals surface area contributed by atoms with E-state index in [9.17, 15) is 4.39 Å². The summed E-state index contributed by atoms with van der Waals surface area (Å²) < 4.78 is 15.7. The number of hydrogen-bond acceptors (Lipinski definition) is 3. The highest BCUT2D eigenvalue weighted by atomic mass is 35.5. The number of alkyl halides is 1. The molecule has 0 unspecified atom stereocenters. The molecule has 0 radical (unpaired) electrons. The van der Waals surface area contributed by atoms with Crippen LogP contribution in [0.1, 0.15) is 18.4 Å². The summed E-state index contributed by atoms with van der Waals surface area (Å²) in [5.74, 6) is 0. The van der Waals surface area contributed by atoms with Crippen molar-refractivity contribution in [2.45, 2.75) is 25.1 Å². The number of aromatic nitrogens is 2. The summed E-state index contributed by atoms with van der Waals surface area (Å²) in [6.07, 6.45) is 4.07. The van der Waals surface area contributed by atoms with Gasteiger partial charge in [-0.25, -0.2) is 4.39 Å². The molecule has 2 rings (SSSR count). The Morgan fingerprint density at radius 1 is 1.56 bits per heavy atom. The van der Waals surface area contributed by atoms with Crippen LogP contribution in [0, 0.1) is 11.3 Å². The minimum atomic E-state index is -1.18. The lowest BCUT2D eigenvalue weighted by Gasteiger charge is -2.29. The molecule has 0 bridgehead atoms. The lowest BCUT2D eigenvalue weighted by Crippen LogP contribution is -2.41. The molecule has 1 aromatic rings. The van der Waals surface area contributed by atoms with Gasteiger partial charge < -0.3 is 5.32 Å². The SMILES string of the molecule is Cl.N#Cc1cnn(CC2(F)CCNCC2)c1. The number of rotatable bonds is 2. The number of halogens is 2. The van der Waals surface area contributed by atoms with Gasteiger partial charge >= 0.3 is 0 Å². The minimum Gasteiger partial charge on any atom is -0.316 e. The molecule has 88 valence electrons. The van der Waals surface area contributed by atoms with Crippen LogP contribution in [0.3, 0.4) is 0 Å². The Bertz CT molecular complexity index is 378. The van der Waals surface area contributed by atoms with Gasteiger partial charge in [-0.2, -0.15) is 10.4 Å². The van der Waals surface area contributed by atoms with Crippen LogP contribution in [0.15, 0.2) is 12.4 Å². The van der Waals surface area contributed by atoms with E-state index >= 15 is 0 Å². The van der Waals surface area contributed by atoms with Crippen molar-refractivity contribution in [3.05, 3.63) is 18.0 Å². The Morgan fingerprint density at radius 3 is 2.81 bits per heavy atom. The summed E-state index contributed by atoms with van der Waals surface area (Å²) in [6.45, 7) is 1.67. The lowest BCUT2D eigenvalue weighted by molar-refractivity contribution is 0.0894. The van der Waals surface area contributed by atoms with Gasteiger partial charge in [0.15, 0.2) is 0 Å². The van der Waals surface area contributed by atoms with Crippen molar-refractivity contribution in [2.75, 3.05) is 13.1 Å². The largest absolute Gasteiger partial charge is 0.316 e. The summed E-state index contributed by atoms with van der Waals surface area (Å²) in [5.41, 5.74) is -0.697. The van der Waals surface area contributed by atoms with Crippen molar-refractivity contribution in [3.63, 3.8) is 0 Å². The number of nitrogens with zero attached hydrogens (tertiary/aromatic N) is 3. The third-order valence-electron chi connectivity index (χ3n) is 2.71. The standard InChI is InChI=1S/C10H13FN4.ClH/c11-10(1-3-13-4-2-10)8-15-7-9(5-12)6-14-15;/h6-7,13H,1-4,8H2;1H. The third-order valence-corrected chi connectivity index (χ3v) is 2.71. The van der Waals surface area contributed by atoms with E-state index in [0.29, 0.717) is 31.5 Å². The van der Waals surface area contributed by atoms with E-state index in [2.05, 4.69) is 10.4 Å². The van der Waals surface area contributed by atoms with Crippen LogP contribution in [0.2, 0.25) is 0 Å². The van der Waals surface area contributed by atoms with Crippen LogP contribution in [0.5, 0.6) is 0 Å². The lowest BCUT2D eigenvalue weighted by atomic mass is 9.94. The first-order chi connectivity index (χ1) is 7.22. The second-order valence-corrected chi connectivity index (χ2v) is 3.94. The van der Waals surface area contributed by atoms with Gasteiger partial charge in [0.2, 0.25) is 0 Å². The molecule has 0 spiro atoms. The van der Waals surface area contributed by atoms with E-state index in [-0.39, 0.29) is 19.0 Å². The Kier molecular flexibility index (Phi) is 4.27. The van der Waals surface area contributed by atoms with E-state index in [4.69, 9.17) is 5.26 Å². The molecule has 0 atom stereocenters. The average Bonchev–Trinajstić information content (AvgIpc) is 2.66. The van der Waals surface area contributed by atoms with Crippen LogP contribution in [0.25, 0.3) is 0 Å². The highest BCUT2D eigenvalue weighted by molar-refractivity contribution is 5.85. The van der Waals surface area contributed by atoms with Crippen molar-refractivity contribution in [2.24, 2.45) is 0 Å². The Morgan fingerprint density at radius 2 is 2.25 bits per heavy atom. The molecular formula is C10H14ClFN4. The van der Waals surface area contributed by atoms with Gasteiger partial charge in [0, 0.05) is 6.20 Å². The van der Waals surface area contributed by atoms with Crippen LogP contribution in [-0.2, 0) is 6.54 Å². The molecule has 2 heterocycles. The first-order valence-electron chi connectivity index (χ1n) is 5.04. The fraction of sp³-hybridized carbons (Fsp3) is 0.600. The van der Waals surface area contributed by atoms with E-state index in [1.807, 2.05) is 6.07 Å². The van der Waals surface area contributed by atoms with Crippen molar-refractivity contribution >= 4 is 12.4 Å². The number of piperidine rings is 1. The van der Waals surface area contributed by atoms with Crippen LogP contribution < -0.4 is 5.32 Å². The quantitative estimate of drug-likeness (QED) is 0.853. The number of nitriles is 1. The summed E-state index contributed by atoms with van der Waals surface area (Å²) in [4.78, 5) is 0. The molecule has 0 saturated carbocycles. The van der Waals surface area contributed by atoms with Crippen molar-refractivity contribution in [3.8, 4) is 6.07 Å². The van der Waals surface area contributed by atoms with Gasteiger partial charge in [0.25, 0.3) is 0 Å². The van der Waals surface area contributed by atoms with Crippen LogP contribution in [0.4, 0.5) is 4.39 Å². The zero-order valence-electron chi connectivity index (χ0n) is 8.82. The van der Waals surface area contributed by atoms with Gasteiger partial charge in [-0.05, 0) is 25.9 Å². The minimum absolute atomic E-state index is 0. The van der Waals surface area contributed by atoms with Gasteiger partial charge in [0.05, 0.1) is 18.3 Å². The summed E-state index contributed by atoms with van der Waals surface area (Å²) in [5, 5.41) is 15.7. The van der Waals surface area contributed by atoms with Gasteiger partial charge in [-0.15, -0.1) is 12.4 Å². The van der Waals surface area contributed by atoms with E-state index in [1.54, 1.807) is 6.20 Å². The molecule has 1 aliphatic heterocycles. The normalized spacial score (nSPS) is 18.5. The molecule has 1 aliphatic rings. The second-order valence-electron chi connectivity index (χ2n) is 3.94. The van der Waals surface area contributed by atoms with Gasteiger partial charge in [-0.1, -0.05) is 0 Å². The van der Waals surface area contributed by atoms with Crippen LogP contribution in [-0.4, -0.2) is 28.5 Å². The first-order valence-corrected chi connectivity index (χ1v) is 5.04. The van der Waals surface area contributed by atoms with Crippen molar-refractivity contribution in [1.82, 2.24) is 15.1 Å². The molecule has 6 heteroatoms. The molecule has 0 aromatic carbocycles. The Labute approximate surface area is 99.8 Å². The first kappa shape index (κ1) is 12.9. The maximum absolute atomic E-state index is 14.2. The average molecular weight is 245 g/mol. The predicted octanol–water partition coefficient (Wildman–Crippen LogP) is 1.27. The van der Waals surface area contributed by atoms with Gasteiger partial charge in [0.1, 0.15) is 11.7 Å². The van der Waals surface area contributed by atoms with E-state index < -0.39 is 5.67 Å². The number of hydrogen-bond donors (Lipinski definition) is 1. The monoisotopic (exact) mass is 244 g/mol. The van der Waals surface area contributed by atoms with Crippen molar-refractivity contribution < 1.29 is 4.39 Å². The van der Waals surface area contributed by atoms with E-state index in [0.717, 1.165) is 0 Å². The molecule has 1 fully saturated rings. The fourth-order valence-electron chi connectivity index (χ4n) is 1.83. The highest BCUT2D eigenvalue weighted by Crippen LogP contribution is 2.24.